The van der Waals surface area contributed by atoms with Crippen molar-refractivity contribution in [3.63, 3.8) is 0 Å². The highest BCUT2D eigenvalue weighted by atomic mass is 16.2. The Morgan fingerprint density at radius 1 is 1.23 bits per heavy atom. The van der Waals surface area contributed by atoms with Gasteiger partial charge in [-0.1, -0.05) is 19.1 Å². The Labute approximate surface area is 175 Å². The molecule has 2 amide bonds. The third-order valence-electron chi connectivity index (χ3n) is 5.45. The van der Waals surface area contributed by atoms with E-state index in [1.807, 2.05) is 36.4 Å². The number of carbonyl (C=O) groups is 2. The monoisotopic (exact) mass is 403 g/mol. The summed E-state index contributed by atoms with van der Waals surface area (Å²) in [7, 11) is 0. The van der Waals surface area contributed by atoms with Gasteiger partial charge in [-0.05, 0) is 55.2 Å². The van der Waals surface area contributed by atoms with Crippen molar-refractivity contribution in [1.82, 2.24) is 20.1 Å². The van der Waals surface area contributed by atoms with Crippen LogP contribution in [-0.4, -0.2) is 45.0 Å². The predicted molar refractivity (Wildman–Crippen MR) is 115 cm³/mol. The van der Waals surface area contributed by atoms with Crippen molar-refractivity contribution < 1.29 is 9.59 Å². The lowest BCUT2D eigenvalue weighted by atomic mass is 9.96. The van der Waals surface area contributed by atoms with Gasteiger partial charge in [-0.25, -0.2) is 0 Å². The number of hydrogen-bond acceptors (Lipinski definition) is 4. The van der Waals surface area contributed by atoms with E-state index in [2.05, 4.69) is 27.4 Å². The Hall–Kier alpha value is -3.48. The van der Waals surface area contributed by atoms with Crippen molar-refractivity contribution >= 4 is 17.5 Å². The zero-order chi connectivity index (χ0) is 20.9. The van der Waals surface area contributed by atoms with E-state index in [9.17, 15) is 9.59 Å². The van der Waals surface area contributed by atoms with E-state index in [4.69, 9.17) is 0 Å². The third-order valence-corrected chi connectivity index (χ3v) is 5.45. The van der Waals surface area contributed by atoms with Crippen LogP contribution in [0.3, 0.4) is 0 Å². The molecule has 30 heavy (non-hydrogen) atoms. The molecule has 3 heterocycles. The minimum Gasteiger partial charge on any atom is -0.337 e. The lowest BCUT2D eigenvalue weighted by Gasteiger charge is -2.31. The van der Waals surface area contributed by atoms with Crippen LogP contribution in [-0.2, 0) is 11.2 Å². The number of amides is 2. The van der Waals surface area contributed by atoms with Gasteiger partial charge >= 0.3 is 0 Å². The van der Waals surface area contributed by atoms with E-state index < -0.39 is 0 Å². The summed E-state index contributed by atoms with van der Waals surface area (Å²) >= 11 is 0. The number of pyridine rings is 1. The highest BCUT2D eigenvalue weighted by molar-refractivity contribution is 5.95. The lowest BCUT2D eigenvalue weighted by molar-refractivity contribution is -0.121. The zero-order valence-corrected chi connectivity index (χ0v) is 17.0. The number of nitrogens with zero attached hydrogens (tertiary/aromatic N) is 3. The number of carbonyl (C=O) groups excluding carboxylic acids is 2. The first-order chi connectivity index (χ1) is 14.6. The quantitative estimate of drug-likeness (QED) is 0.682. The number of anilines is 1. The Morgan fingerprint density at radius 2 is 2.13 bits per heavy atom. The largest absolute Gasteiger partial charge is 0.337 e. The molecule has 1 aliphatic rings. The highest BCUT2D eigenvalue weighted by Gasteiger charge is 2.29. The Bertz CT molecular complexity index is 1030. The van der Waals surface area contributed by atoms with Gasteiger partial charge in [0, 0.05) is 36.7 Å². The molecule has 1 aromatic carbocycles. The number of rotatable bonds is 5. The predicted octanol–water partition coefficient (Wildman–Crippen LogP) is 3.53. The molecule has 4 rings (SSSR count). The molecular weight excluding hydrogens is 378 g/mol. The van der Waals surface area contributed by atoms with Crippen LogP contribution in [0.25, 0.3) is 11.3 Å². The number of aryl methyl sites for hydroxylation is 1. The third kappa shape index (κ3) is 4.40. The van der Waals surface area contributed by atoms with E-state index in [-0.39, 0.29) is 17.7 Å². The van der Waals surface area contributed by atoms with Crippen LogP contribution in [0.1, 0.15) is 35.8 Å². The number of nitrogens with one attached hydrogen (secondary N) is 2. The zero-order valence-electron chi connectivity index (χ0n) is 17.0. The Morgan fingerprint density at radius 3 is 2.93 bits per heavy atom. The first-order valence-corrected chi connectivity index (χ1v) is 10.3. The van der Waals surface area contributed by atoms with E-state index in [0.717, 1.165) is 30.5 Å². The molecule has 0 radical (unpaired) electrons. The van der Waals surface area contributed by atoms with Gasteiger partial charge < -0.3 is 10.2 Å². The summed E-state index contributed by atoms with van der Waals surface area (Å²) in [5.74, 6) is -0.404. The molecule has 3 aromatic rings. The number of aromatic amines is 1. The molecule has 154 valence electrons. The van der Waals surface area contributed by atoms with Crippen LogP contribution in [0.15, 0.2) is 54.9 Å². The summed E-state index contributed by atoms with van der Waals surface area (Å²) in [6.07, 6.45) is 5.88. The van der Waals surface area contributed by atoms with E-state index in [1.165, 1.54) is 5.56 Å². The van der Waals surface area contributed by atoms with Crippen LogP contribution in [0, 0.1) is 5.92 Å². The maximum Gasteiger partial charge on any atom is 0.271 e. The summed E-state index contributed by atoms with van der Waals surface area (Å²) in [5.41, 5.74) is 3.92. The fourth-order valence-electron chi connectivity index (χ4n) is 3.75. The topological polar surface area (TPSA) is 91.0 Å². The maximum absolute atomic E-state index is 13.0. The van der Waals surface area contributed by atoms with Crippen molar-refractivity contribution in [3.05, 3.63) is 66.1 Å². The number of benzene rings is 1. The molecule has 1 fully saturated rings. The molecule has 2 aromatic heterocycles. The SMILES string of the molecule is CCc1cccc(NC(=O)[C@H]2CCCN(C(=O)c3cc(-c4cccnc4)n[nH]3)C2)c1. The van der Waals surface area contributed by atoms with Crippen LogP contribution in [0.2, 0.25) is 0 Å². The van der Waals surface area contributed by atoms with Crippen LogP contribution in [0.4, 0.5) is 5.69 Å². The molecule has 1 atom stereocenters. The Kier molecular flexibility index (Phi) is 5.88. The molecule has 0 aliphatic carbocycles. The van der Waals surface area contributed by atoms with Crippen LogP contribution < -0.4 is 5.32 Å². The summed E-state index contributed by atoms with van der Waals surface area (Å²) in [4.78, 5) is 31.6. The number of aromatic nitrogens is 3. The molecule has 1 aliphatic heterocycles. The summed E-state index contributed by atoms with van der Waals surface area (Å²) in [6.45, 7) is 3.12. The van der Waals surface area contributed by atoms with Gasteiger partial charge in [0.25, 0.3) is 5.91 Å². The molecule has 0 spiro atoms. The second kappa shape index (κ2) is 8.90. The fraction of sp³-hybridized carbons (Fsp3) is 0.304. The van der Waals surface area contributed by atoms with Gasteiger partial charge in [-0.15, -0.1) is 0 Å². The van der Waals surface area contributed by atoms with Gasteiger partial charge in [0.1, 0.15) is 5.69 Å². The Balaban J connectivity index is 1.41. The van der Waals surface area contributed by atoms with Crippen LogP contribution in [0.5, 0.6) is 0 Å². The van der Waals surface area contributed by atoms with Crippen molar-refractivity contribution in [3.8, 4) is 11.3 Å². The first-order valence-electron chi connectivity index (χ1n) is 10.3. The minimum absolute atomic E-state index is 0.0404. The van der Waals surface area contributed by atoms with Gasteiger partial charge in [0.2, 0.25) is 5.91 Å². The second-order valence-corrected chi connectivity index (χ2v) is 7.54. The maximum atomic E-state index is 13.0. The molecule has 7 heteroatoms. The molecule has 0 unspecified atom stereocenters. The first kappa shape index (κ1) is 19.8. The van der Waals surface area contributed by atoms with E-state index >= 15 is 0 Å². The number of piperidine rings is 1. The summed E-state index contributed by atoms with van der Waals surface area (Å²) < 4.78 is 0. The van der Waals surface area contributed by atoms with Crippen molar-refractivity contribution in [1.29, 1.82) is 0 Å². The summed E-state index contributed by atoms with van der Waals surface area (Å²) in [6, 6.07) is 13.3. The van der Waals surface area contributed by atoms with Gasteiger partial charge in [-0.2, -0.15) is 5.10 Å². The molecular formula is C23H25N5O2. The van der Waals surface area contributed by atoms with Gasteiger partial charge in [0.05, 0.1) is 11.6 Å². The summed E-state index contributed by atoms with van der Waals surface area (Å²) in [5, 5.41) is 10.1. The minimum atomic E-state index is -0.228. The fourth-order valence-corrected chi connectivity index (χ4v) is 3.75. The standard InChI is InChI=1S/C23H25N5O2/c1-2-16-6-3-9-19(12-16)25-22(29)18-8-5-11-28(15-18)23(30)21-13-20(26-27-21)17-7-4-10-24-14-17/h3-4,6-7,9-10,12-14,18H,2,5,8,11,15H2,1H3,(H,25,29)(H,26,27)/t18-/m0/s1. The average molecular weight is 403 g/mol. The van der Waals surface area contributed by atoms with Crippen molar-refractivity contribution in [2.45, 2.75) is 26.2 Å². The normalized spacial score (nSPS) is 16.3. The molecule has 1 saturated heterocycles. The number of H-pyrrole nitrogens is 1. The van der Waals surface area contributed by atoms with Crippen molar-refractivity contribution in [2.75, 3.05) is 18.4 Å². The lowest BCUT2D eigenvalue weighted by Crippen LogP contribution is -2.43. The molecule has 0 bridgehead atoms. The van der Waals surface area contributed by atoms with Crippen LogP contribution >= 0.6 is 0 Å². The number of hydrogen-bond donors (Lipinski definition) is 2. The molecule has 0 saturated carbocycles. The van der Waals surface area contributed by atoms with E-state index in [1.54, 1.807) is 23.4 Å². The average Bonchev–Trinajstić information content (AvgIpc) is 3.30. The number of likely N-dealkylation sites (tertiary alicyclic amines) is 1. The van der Waals surface area contributed by atoms with Gasteiger partial charge in [0.15, 0.2) is 0 Å². The van der Waals surface area contributed by atoms with E-state index in [0.29, 0.717) is 24.5 Å². The molecule has 2 N–H and O–H groups in total. The molecule has 7 nitrogen and oxygen atoms in total. The highest BCUT2D eigenvalue weighted by Crippen LogP contribution is 2.22. The van der Waals surface area contributed by atoms with Crippen molar-refractivity contribution in [2.24, 2.45) is 5.92 Å². The second-order valence-electron chi connectivity index (χ2n) is 7.54. The smallest absolute Gasteiger partial charge is 0.271 e. The van der Waals surface area contributed by atoms with Gasteiger partial charge in [-0.3, -0.25) is 19.7 Å².